The number of aryl methyl sites for hydroxylation is 1. The van der Waals surface area contributed by atoms with Crippen LogP contribution in [0, 0.1) is 6.92 Å². The zero-order valence-electron chi connectivity index (χ0n) is 27.2. The van der Waals surface area contributed by atoms with Crippen LogP contribution in [0.3, 0.4) is 0 Å². The van der Waals surface area contributed by atoms with E-state index in [4.69, 9.17) is 4.74 Å². The van der Waals surface area contributed by atoms with Crippen molar-refractivity contribution >= 4 is 60.1 Å². The van der Waals surface area contributed by atoms with E-state index in [9.17, 15) is 31.2 Å². The first-order chi connectivity index (χ1) is 21.2. The Hall–Kier alpha value is -4.17. The maximum absolute atomic E-state index is 14.7. The molecule has 46 heavy (non-hydrogen) atoms. The monoisotopic (exact) mass is 672 g/mol. The van der Waals surface area contributed by atoms with Gasteiger partial charge in [0.2, 0.25) is 20.0 Å². The van der Waals surface area contributed by atoms with Crippen LogP contribution in [0.1, 0.15) is 38.8 Å². The van der Waals surface area contributed by atoms with Gasteiger partial charge in [-0.2, -0.15) is 0 Å². The third-order valence-corrected chi connectivity index (χ3v) is 10.1. The minimum Gasteiger partial charge on any atom is -0.444 e. The second-order valence-corrected chi connectivity index (χ2v) is 16.2. The highest BCUT2D eigenvalue weighted by Gasteiger charge is 2.46. The molecule has 14 heteroatoms. The summed E-state index contributed by atoms with van der Waals surface area (Å²) in [6.07, 6.45) is 0.828. The maximum atomic E-state index is 14.7. The van der Waals surface area contributed by atoms with Gasteiger partial charge in [-0.15, -0.1) is 0 Å². The van der Waals surface area contributed by atoms with Gasteiger partial charge in [0.1, 0.15) is 17.7 Å². The standard InChI is InChI=1S/C32H40N4O8S2/c1-21-17-18-23-13-9-10-14-24(23)25(21)19-34-26-15-11-12-16-27(26)35(45(7,40)41)20-28(30(34)38)36(46(8,42)43)29(37)22(2)33(6)31(39)44-32(3,4)5/h9-18,22,28H,19-20H2,1-8H3/t22-,28-/m0/s1. The molecule has 2 atom stereocenters. The molecule has 0 unspecified atom stereocenters. The van der Waals surface area contributed by atoms with Crippen molar-refractivity contribution in [2.45, 2.75) is 58.8 Å². The van der Waals surface area contributed by atoms with Crippen molar-refractivity contribution in [1.29, 1.82) is 0 Å². The molecule has 248 valence electrons. The SMILES string of the molecule is Cc1ccc2ccccc2c1CN1C(=O)[C@@H](N(C(=O)[C@H](C)N(C)C(=O)OC(C)(C)C)S(C)(=O)=O)CN(S(C)(=O)=O)c2ccccc21. The maximum Gasteiger partial charge on any atom is 0.410 e. The molecule has 3 amide bonds. The fourth-order valence-corrected chi connectivity index (χ4v) is 7.41. The van der Waals surface area contributed by atoms with Gasteiger partial charge in [0.25, 0.3) is 11.8 Å². The molecule has 0 aliphatic carbocycles. The average molecular weight is 673 g/mol. The molecule has 4 rings (SSSR count). The van der Waals surface area contributed by atoms with Crippen LogP contribution in [-0.2, 0) is 40.9 Å². The second kappa shape index (κ2) is 12.6. The number of ether oxygens (including phenoxy) is 1. The van der Waals surface area contributed by atoms with E-state index in [-0.39, 0.29) is 17.9 Å². The Morgan fingerprint density at radius 2 is 1.54 bits per heavy atom. The topological polar surface area (TPSA) is 142 Å². The van der Waals surface area contributed by atoms with Crippen molar-refractivity contribution in [3.8, 4) is 0 Å². The molecule has 0 bridgehead atoms. The first kappa shape index (κ1) is 34.7. The van der Waals surface area contributed by atoms with E-state index in [0.29, 0.717) is 4.31 Å². The van der Waals surface area contributed by atoms with E-state index in [1.54, 1.807) is 39.0 Å². The number of nitrogens with zero attached hydrogens (tertiary/aromatic N) is 4. The van der Waals surface area contributed by atoms with Crippen molar-refractivity contribution in [1.82, 2.24) is 9.21 Å². The Morgan fingerprint density at radius 3 is 2.13 bits per heavy atom. The number of para-hydroxylation sites is 2. The van der Waals surface area contributed by atoms with Crippen LogP contribution < -0.4 is 9.21 Å². The van der Waals surface area contributed by atoms with Gasteiger partial charge in [-0.1, -0.05) is 48.5 Å². The number of rotatable bonds is 7. The summed E-state index contributed by atoms with van der Waals surface area (Å²) >= 11 is 0. The molecule has 1 aliphatic heterocycles. The van der Waals surface area contributed by atoms with E-state index in [1.807, 2.05) is 43.3 Å². The van der Waals surface area contributed by atoms with Crippen molar-refractivity contribution in [2.24, 2.45) is 0 Å². The van der Waals surface area contributed by atoms with Crippen LogP contribution in [-0.4, -0.2) is 87.7 Å². The fourth-order valence-electron chi connectivity index (χ4n) is 5.39. The predicted octanol–water partition coefficient (Wildman–Crippen LogP) is 3.87. The van der Waals surface area contributed by atoms with Crippen molar-refractivity contribution in [3.63, 3.8) is 0 Å². The van der Waals surface area contributed by atoms with Gasteiger partial charge in [-0.3, -0.25) is 18.8 Å². The fraction of sp³-hybridized carbons (Fsp3) is 0.406. The molecular formula is C32H40N4O8S2. The van der Waals surface area contributed by atoms with Crippen LogP contribution in [0.15, 0.2) is 60.7 Å². The number of carbonyl (C=O) groups is 3. The van der Waals surface area contributed by atoms with E-state index in [0.717, 1.165) is 43.6 Å². The lowest BCUT2D eigenvalue weighted by molar-refractivity contribution is -0.136. The smallest absolute Gasteiger partial charge is 0.410 e. The lowest BCUT2D eigenvalue weighted by atomic mass is 9.99. The summed E-state index contributed by atoms with van der Waals surface area (Å²) in [5, 5.41) is 1.78. The normalized spacial score (nSPS) is 16.4. The van der Waals surface area contributed by atoms with Gasteiger partial charge < -0.3 is 9.64 Å². The molecule has 0 aromatic heterocycles. The lowest BCUT2D eigenvalue weighted by Crippen LogP contribution is -2.60. The minimum absolute atomic E-state index is 0.0453. The molecule has 0 saturated carbocycles. The number of hydrogen-bond acceptors (Lipinski definition) is 8. The predicted molar refractivity (Wildman–Crippen MR) is 177 cm³/mol. The third kappa shape index (κ3) is 7.12. The summed E-state index contributed by atoms with van der Waals surface area (Å²) < 4.78 is 60.0. The average Bonchev–Trinajstić information content (AvgIpc) is 3.06. The van der Waals surface area contributed by atoms with Gasteiger partial charge in [-0.25, -0.2) is 25.9 Å². The van der Waals surface area contributed by atoms with Gasteiger partial charge in [0, 0.05) is 7.05 Å². The summed E-state index contributed by atoms with van der Waals surface area (Å²) in [6.45, 7) is 7.39. The zero-order valence-corrected chi connectivity index (χ0v) is 28.8. The highest BCUT2D eigenvalue weighted by molar-refractivity contribution is 7.92. The second-order valence-electron chi connectivity index (χ2n) is 12.5. The van der Waals surface area contributed by atoms with Crippen LogP contribution in [0.2, 0.25) is 0 Å². The molecule has 1 aliphatic rings. The van der Waals surface area contributed by atoms with Crippen LogP contribution >= 0.6 is 0 Å². The lowest BCUT2D eigenvalue weighted by Gasteiger charge is -2.35. The van der Waals surface area contributed by atoms with E-state index >= 15 is 0 Å². The zero-order chi connectivity index (χ0) is 34.4. The molecule has 3 aromatic carbocycles. The summed E-state index contributed by atoms with van der Waals surface area (Å²) in [5.41, 5.74) is 1.10. The van der Waals surface area contributed by atoms with Crippen LogP contribution in [0.5, 0.6) is 0 Å². The van der Waals surface area contributed by atoms with Gasteiger partial charge >= 0.3 is 6.09 Å². The molecule has 12 nitrogen and oxygen atoms in total. The summed E-state index contributed by atoms with van der Waals surface area (Å²) in [7, 11) is -7.33. The largest absolute Gasteiger partial charge is 0.444 e. The Kier molecular flexibility index (Phi) is 9.47. The Balaban J connectivity index is 1.90. The van der Waals surface area contributed by atoms with E-state index in [2.05, 4.69) is 0 Å². The first-order valence-corrected chi connectivity index (χ1v) is 18.3. The minimum atomic E-state index is -4.51. The first-order valence-electron chi connectivity index (χ1n) is 14.6. The van der Waals surface area contributed by atoms with Crippen molar-refractivity contribution in [2.75, 3.05) is 35.3 Å². The van der Waals surface area contributed by atoms with Gasteiger partial charge in [-0.05, 0) is 68.7 Å². The molecule has 0 radical (unpaired) electrons. The van der Waals surface area contributed by atoms with E-state index in [1.165, 1.54) is 24.9 Å². The van der Waals surface area contributed by atoms with Crippen molar-refractivity contribution in [3.05, 3.63) is 71.8 Å². The van der Waals surface area contributed by atoms with Gasteiger partial charge in [0.05, 0.1) is 37.0 Å². The molecular weight excluding hydrogens is 633 g/mol. The highest BCUT2D eigenvalue weighted by atomic mass is 32.2. The number of hydrogen-bond donors (Lipinski definition) is 0. The summed E-state index contributed by atoms with van der Waals surface area (Å²) in [5.74, 6) is -1.91. The number of sulfonamides is 2. The van der Waals surface area contributed by atoms with Crippen LogP contribution in [0.4, 0.5) is 16.2 Å². The Morgan fingerprint density at radius 1 is 0.957 bits per heavy atom. The molecule has 0 spiro atoms. The number of fused-ring (bicyclic) bond motifs is 2. The third-order valence-electron chi connectivity index (χ3n) is 7.80. The number of likely N-dealkylation sites (N-methyl/N-ethyl adjacent to an activating group) is 1. The number of benzene rings is 3. The Bertz CT molecular complexity index is 1900. The number of amides is 3. The molecule has 3 aromatic rings. The molecule has 0 N–H and O–H groups in total. The Labute approximate surface area is 270 Å². The number of carbonyl (C=O) groups excluding carboxylic acids is 3. The molecule has 0 saturated heterocycles. The number of anilines is 2. The van der Waals surface area contributed by atoms with E-state index < -0.39 is 62.2 Å². The molecule has 1 heterocycles. The quantitative estimate of drug-likeness (QED) is 0.368. The summed E-state index contributed by atoms with van der Waals surface area (Å²) in [4.78, 5) is 43.8. The summed E-state index contributed by atoms with van der Waals surface area (Å²) in [6, 6.07) is 14.6. The highest BCUT2D eigenvalue weighted by Crippen LogP contribution is 2.38. The van der Waals surface area contributed by atoms with Gasteiger partial charge in [0.15, 0.2) is 0 Å². The van der Waals surface area contributed by atoms with Crippen molar-refractivity contribution < 1.29 is 36.0 Å². The molecule has 0 fully saturated rings. The van der Waals surface area contributed by atoms with Crippen LogP contribution in [0.25, 0.3) is 10.8 Å².